The lowest BCUT2D eigenvalue weighted by atomic mass is 10.0. The summed E-state index contributed by atoms with van der Waals surface area (Å²) in [5.74, 6) is 0.841. The summed E-state index contributed by atoms with van der Waals surface area (Å²) in [6.07, 6.45) is -0.0187. The van der Waals surface area contributed by atoms with Gasteiger partial charge in [0.1, 0.15) is 5.75 Å². The Bertz CT molecular complexity index is 999. The van der Waals surface area contributed by atoms with Crippen LogP contribution in [0.2, 0.25) is 0 Å². The molecule has 1 unspecified atom stereocenters. The topological polar surface area (TPSA) is 84.9 Å². The van der Waals surface area contributed by atoms with Crippen molar-refractivity contribution in [3.05, 3.63) is 59.7 Å². The van der Waals surface area contributed by atoms with E-state index in [1.165, 1.54) is 4.31 Å². The molecular formula is C24H32N2O5S. The fraction of sp³-hybridized carbons (Fsp3) is 0.458. The Morgan fingerprint density at radius 3 is 2.38 bits per heavy atom. The molecule has 1 aliphatic heterocycles. The number of ether oxygens (including phenoxy) is 2. The van der Waals surface area contributed by atoms with Gasteiger partial charge in [-0.1, -0.05) is 44.2 Å². The van der Waals surface area contributed by atoms with Crippen LogP contribution in [0.3, 0.4) is 0 Å². The van der Waals surface area contributed by atoms with Gasteiger partial charge in [0.2, 0.25) is 10.0 Å². The number of nitrogens with one attached hydrogen (secondary N) is 1. The fourth-order valence-electron chi connectivity index (χ4n) is 3.55. The summed E-state index contributed by atoms with van der Waals surface area (Å²) < 4.78 is 38.0. The van der Waals surface area contributed by atoms with Crippen LogP contribution in [0.1, 0.15) is 37.8 Å². The van der Waals surface area contributed by atoms with E-state index >= 15 is 0 Å². The van der Waals surface area contributed by atoms with Crippen molar-refractivity contribution in [1.82, 2.24) is 9.62 Å². The van der Waals surface area contributed by atoms with Crippen LogP contribution >= 0.6 is 0 Å². The molecule has 2 aromatic carbocycles. The molecule has 1 heterocycles. The Labute approximate surface area is 190 Å². The summed E-state index contributed by atoms with van der Waals surface area (Å²) in [5.41, 5.74) is 2.02. The zero-order chi connectivity index (χ0) is 23.1. The molecule has 0 aliphatic carbocycles. The molecule has 0 radical (unpaired) electrons. The van der Waals surface area contributed by atoms with Gasteiger partial charge in [0, 0.05) is 19.6 Å². The van der Waals surface area contributed by atoms with Crippen molar-refractivity contribution in [2.45, 2.75) is 44.1 Å². The minimum absolute atomic E-state index is 0.185. The number of nitrogens with zero attached hydrogens (tertiary/aromatic N) is 1. The van der Waals surface area contributed by atoms with Crippen LogP contribution in [-0.2, 0) is 26.0 Å². The van der Waals surface area contributed by atoms with Crippen LogP contribution in [0.5, 0.6) is 5.75 Å². The highest BCUT2D eigenvalue weighted by Crippen LogP contribution is 2.26. The fourth-order valence-corrected chi connectivity index (χ4v) is 4.95. The number of para-hydroxylation sites is 1. The number of carbonyl (C=O) groups is 1. The summed E-state index contributed by atoms with van der Waals surface area (Å²) in [6.45, 7) is 7.93. The van der Waals surface area contributed by atoms with E-state index in [0.29, 0.717) is 45.2 Å². The highest BCUT2D eigenvalue weighted by atomic mass is 32.2. The molecule has 0 saturated carbocycles. The van der Waals surface area contributed by atoms with Gasteiger partial charge in [-0.25, -0.2) is 8.42 Å². The largest absolute Gasteiger partial charge is 0.481 e. The van der Waals surface area contributed by atoms with Crippen molar-refractivity contribution in [1.29, 1.82) is 0 Å². The third kappa shape index (κ3) is 6.09. The van der Waals surface area contributed by atoms with Crippen LogP contribution < -0.4 is 10.1 Å². The molecule has 1 N–H and O–H groups in total. The van der Waals surface area contributed by atoms with Crippen LogP contribution in [0.4, 0.5) is 0 Å². The smallest absolute Gasteiger partial charge is 0.260 e. The second-order valence-corrected chi connectivity index (χ2v) is 10.1. The molecule has 32 heavy (non-hydrogen) atoms. The molecule has 0 spiro atoms. The van der Waals surface area contributed by atoms with Gasteiger partial charge in [-0.15, -0.1) is 0 Å². The molecule has 174 valence electrons. The van der Waals surface area contributed by atoms with Gasteiger partial charge in [0.15, 0.2) is 6.10 Å². The second kappa shape index (κ2) is 10.9. The maximum atomic E-state index is 12.7. The molecule has 1 amide bonds. The van der Waals surface area contributed by atoms with Crippen molar-refractivity contribution < 1.29 is 22.7 Å². The SMILES string of the molecule is CC(Oc1ccccc1C(C)C)C(=O)NCCc1ccc(S(=O)(=O)N2CCOCC2)cc1. The first-order chi connectivity index (χ1) is 15.3. The molecule has 2 aromatic rings. The predicted octanol–water partition coefficient (Wildman–Crippen LogP) is 2.96. The van der Waals surface area contributed by atoms with Crippen molar-refractivity contribution in [3.63, 3.8) is 0 Å². The zero-order valence-corrected chi connectivity index (χ0v) is 19.7. The Morgan fingerprint density at radius 1 is 1.06 bits per heavy atom. The summed E-state index contributed by atoms with van der Waals surface area (Å²) >= 11 is 0. The number of hydrogen-bond acceptors (Lipinski definition) is 5. The number of amides is 1. The normalized spacial score (nSPS) is 16.0. The molecular weight excluding hydrogens is 428 g/mol. The number of morpholine rings is 1. The average molecular weight is 461 g/mol. The van der Waals surface area contributed by atoms with E-state index in [9.17, 15) is 13.2 Å². The molecule has 1 saturated heterocycles. The van der Waals surface area contributed by atoms with Gasteiger partial charge in [0.05, 0.1) is 18.1 Å². The van der Waals surface area contributed by atoms with E-state index in [0.717, 1.165) is 16.9 Å². The summed E-state index contributed by atoms with van der Waals surface area (Å²) in [5, 5.41) is 2.89. The maximum Gasteiger partial charge on any atom is 0.260 e. The van der Waals surface area contributed by atoms with Gasteiger partial charge >= 0.3 is 0 Å². The highest BCUT2D eigenvalue weighted by Gasteiger charge is 2.26. The first-order valence-electron chi connectivity index (χ1n) is 11.0. The van der Waals surface area contributed by atoms with Gasteiger partial charge in [0.25, 0.3) is 5.91 Å². The summed E-state index contributed by atoms with van der Waals surface area (Å²) in [7, 11) is -3.50. The average Bonchev–Trinajstić information content (AvgIpc) is 2.80. The van der Waals surface area contributed by atoms with Crippen molar-refractivity contribution in [2.24, 2.45) is 0 Å². The number of hydrogen-bond donors (Lipinski definition) is 1. The molecule has 7 nitrogen and oxygen atoms in total. The minimum Gasteiger partial charge on any atom is -0.481 e. The number of benzene rings is 2. The number of sulfonamides is 1. The van der Waals surface area contributed by atoms with Gasteiger partial charge in [-0.3, -0.25) is 4.79 Å². The summed E-state index contributed by atoms with van der Waals surface area (Å²) in [6, 6.07) is 14.6. The van der Waals surface area contributed by atoms with E-state index in [1.807, 2.05) is 24.3 Å². The molecule has 0 bridgehead atoms. The third-order valence-corrected chi connectivity index (χ3v) is 7.37. The Balaban J connectivity index is 1.50. The number of carbonyl (C=O) groups excluding carboxylic acids is 1. The molecule has 0 aromatic heterocycles. The summed E-state index contributed by atoms with van der Waals surface area (Å²) in [4.78, 5) is 12.7. The molecule has 1 fully saturated rings. The molecule has 1 atom stereocenters. The van der Waals surface area contributed by atoms with Crippen LogP contribution in [0.15, 0.2) is 53.4 Å². The standard InChI is InChI=1S/C24H32N2O5S/c1-18(2)22-6-4-5-7-23(22)31-19(3)24(27)25-13-12-20-8-10-21(11-9-20)32(28,29)26-14-16-30-17-15-26/h4-11,18-19H,12-17H2,1-3H3,(H,25,27). The first kappa shape index (κ1) is 24.2. The van der Waals surface area contributed by atoms with E-state index in [-0.39, 0.29) is 10.8 Å². The van der Waals surface area contributed by atoms with E-state index in [4.69, 9.17) is 9.47 Å². The Kier molecular flexibility index (Phi) is 8.28. The Hall–Kier alpha value is -2.42. The van der Waals surface area contributed by atoms with Crippen LogP contribution in [0, 0.1) is 0 Å². The van der Waals surface area contributed by atoms with Crippen molar-refractivity contribution in [3.8, 4) is 5.75 Å². The van der Waals surface area contributed by atoms with Gasteiger partial charge < -0.3 is 14.8 Å². The van der Waals surface area contributed by atoms with E-state index < -0.39 is 16.1 Å². The molecule has 8 heteroatoms. The third-order valence-electron chi connectivity index (χ3n) is 5.46. The molecule has 1 aliphatic rings. The van der Waals surface area contributed by atoms with E-state index in [2.05, 4.69) is 19.2 Å². The van der Waals surface area contributed by atoms with Crippen molar-refractivity contribution in [2.75, 3.05) is 32.8 Å². The Morgan fingerprint density at radius 2 is 1.72 bits per heavy atom. The predicted molar refractivity (Wildman–Crippen MR) is 123 cm³/mol. The van der Waals surface area contributed by atoms with Crippen LogP contribution in [-0.4, -0.2) is 57.6 Å². The minimum atomic E-state index is -3.50. The monoisotopic (exact) mass is 460 g/mol. The van der Waals surface area contributed by atoms with Crippen molar-refractivity contribution >= 4 is 15.9 Å². The highest BCUT2D eigenvalue weighted by molar-refractivity contribution is 7.89. The molecule has 3 rings (SSSR count). The van der Waals surface area contributed by atoms with E-state index in [1.54, 1.807) is 31.2 Å². The van der Waals surface area contributed by atoms with Crippen LogP contribution in [0.25, 0.3) is 0 Å². The van der Waals surface area contributed by atoms with Gasteiger partial charge in [-0.2, -0.15) is 4.31 Å². The second-order valence-electron chi connectivity index (χ2n) is 8.15. The lowest BCUT2D eigenvalue weighted by Crippen LogP contribution is -2.40. The lowest BCUT2D eigenvalue weighted by molar-refractivity contribution is -0.127. The zero-order valence-electron chi connectivity index (χ0n) is 18.9. The maximum absolute atomic E-state index is 12.7. The van der Waals surface area contributed by atoms with Gasteiger partial charge in [-0.05, 0) is 48.6 Å². The first-order valence-corrected chi connectivity index (χ1v) is 12.4. The quantitative estimate of drug-likeness (QED) is 0.622. The lowest BCUT2D eigenvalue weighted by Gasteiger charge is -2.26. The number of rotatable bonds is 9.